The molecule has 0 bridgehead atoms. The first kappa shape index (κ1) is 36.4. The number of nitrogens with one attached hydrogen (secondary N) is 3. The third kappa shape index (κ3) is 7.88. The number of hydrogen-bond donors (Lipinski definition) is 3. The normalized spacial score (nSPS) is 15.1. The molecule has 55 heavy (non-hydrogen) atoms. The van der Waals surface area contributed by atoms with Gasteiger partial charge in [0.15, 0.2) is 5.76 Å². The van der Waals surface area contributed by atoms with Crippen molar-refractivity contribution in [3.63, 3.8) is 0 Å². The minimum atomic E-state index is -1.02. The van der Waals surface area contributed by atoms with Crippen LogP contribution in [0.3, 0.4) is 0 Å². The molecule has 0 radical (unpaired) electrons. The van der Waals surface area contributed by atoms with Crippen LogP contribution in [-0.2, 0) is 9.59 Å². The van der Waals surface area contributed by atoms with E-state index >= 15 is 0 Å². The van der Waals surface area contributed by atoms with Gasteiger partial charge in [-0.3, -0.25) is 44.3 Å². The lowest BCUT2D eigenvalue weighted by Gasteiger charge is -2.27. The molecule has 7 rings (SSSR count). The number of aromatic nitrogens is 1. The topological polar surface area (TPSA) is 194 Å². The van der Waals surface area contributed by atoms with Crippen molar-refractivity contribution in [2.75, 3.05) is 18.4 Å². The van der Waals surface area contributed by atoms with Crippen LogP contribution in [-0.4, -0.2) is 63.5 Å². The van der Waals surface area contributed by atoms with E-state index in [0.717, 1.165) is 41.7 Å². The summed E-state index contributed by atoms with van der Waals surface area (Å²) in [6.07, 6.45) is 5.03. The van der Waals surface area contributed by atoms with Gasteiger partial charge in [-0.2, -0.15) is 0 Å². The summed E-state index contributed by atoms with van der Waals surface area (Å²) in [5.41, 5.74) is 5.11. The molecule has 14 nitrogen and oxygen atoms in total. The molecule has 1 unspecified atom stereocenters. The van der Waals surface area contributed by atoms with Crippen molar-refractivity contribution in [1.82, 2.24) is 20.5 Å². The SMILES string of the molecule is O=C1CCC(N2C(=O)c3cccc(NCCCCCCNC(=O)c4ccc(-c5cc(-c6ccc([N+](=O)[O-])cc6)nc(-c6ccco6)c5)cc4)c3C2=O)C(=O)N1. The van der Waals surface area contributed by atoms with Crippen molar-refractivity contribution in [2.45, 2.75) is 44.6 Å². The quantitative estimate of drug-likeness (QED) is 0.0497. The van der Waals surface area contributed by atoms with E-state index in [-0.39, 0.29) is 35.6 Å². The van der Waals surface area contributed by atoms with E-state index < -0.39 is 34.6 Å². The van der Waals surface area contributed by atoms with Crippen molar-refractivity contribution in [2.24, 2.45) is 0 Å². The van der Waals surface area contributed by atoms with Gasteiger partial charge in [-0.05, 0) is 91.1 Å². The molecule has 2 aliphatic heterocycles. The highest BCUT2D eigenvalue weighted by Crippen LogP contribution is 2.33. The highest BCUT2D eigenvalue weighted by Gasteiger charge is 2.45. The first-order chi connectivity index (χ1) is 26.7. The lowest BCUT2D eigenvalue weighted by Crippen LogP contribution is -2.54. The van der Waals surface area contributed by atoms with Crippen molar-refractivity contribution in [3.05, 3.63) is 124 Å². The van der Waals surface area contributed by atoms with Gasteiger partial charge in [0.2, 0.25) is 11.8 Å². The minimum Gasteiger partial charge on any atom is -0.463 e. The van der Waals surface area contributed by atoms with E-state index in [1.807, 2.05) is 24.3 Å². The molecule has 278 valence electrons. The van der Waals surface area contributed by atoms with E-state index in [1.165, 1.54) is 12.1 Å². The zero-order valence-electron chi connectivity index (χ0n) is 29.6. The molecule has 0 spiro atoms. The van der Waals surface area contributed by atoms with E-state index in [1.54, 1.807) is 60.9 Å². The Hall–Kier alpha value is -6.96. The average Bonchev–Trinajstić information content (AvgIpc) is 3.83. The highest BCUT2D eigenvalue weighted by molar-refractivity contribution is 6.25. The first-order valence-electron chi connectivity index (χ1n) is 18.0. The van der Waals surface area contributed by atoms with E-state index in [0.29, 0.717) is 47.1 Å². The number of nitro benzene ring substituents is 1. The highest BCUT2D eigenvalue weighted by atomic mass is 16.6. The van der Waals surface area contributed by atoms with Gasteiger partial charge >= 0.3 is 0 Å². The van der Waals surface area contributed by atoms with Crippen LogP contribution in [0.1, 0.15) is 69.6 Å². The number of piperidine rings is 1. The number of nitrogens with zero attached hydrogens (tertiary/aromatic N) is 3. The number of unbranched alkanes of at least 4 members (excludes halogenated alkanes) is 3. The molecule has 2 aliphatic rings. The number of nitro groups is 1. The molecule has 3 N–H and O–H groups in total. The Balaban J connectivity index is 0.885. The number of benzene rings is 3. The van der Waals surface area contributed by atoms with Gasteiger partial charge in [0.1, 0.15) is 11.7 Å². The lowest BCUT2D eigenvalue weighted by molar-refractivity contribution is -0.384. The Bertz CT molecular complexity index is 2290. The van der Waals surface area contributed by atoms with Crippen LogP contribution in [0.2, 0.25) is 0 Å². The summed E-state index contributed by atoms with van der Waals surface area (Å²) in [6.45, 7) is 1.06. The summed E-state index contributed by atoms with van der Waals surface area (Å²) in [5, 5.41) is 19.6. The van der Waals surface area contributed by atoms with Crippen molar-refractivity contribution < 1.29 is 33.3 Å². The fourth-order valence-electron chi connectivity index (χ4n) is 6.76. The maximum absolute atomic E-state index is 13.3. The Morgan fingerprint density at radius 2 is 1.56 bits per heavy atom. The molecule has 5 amide bonds. The number of non-ortho nitro benzene ring substituents is 1. The summed E-state index contributed by atoms with van der Waals surface area (Å²) in [5.74, 6) is -1.76. The summed E-state index contributed by atoms with van der Waals surface area (Å²) >= 11 is 0. The number of anilines is 1. The Kier molecular flexibility index (Phi) is 10.6. The number of pyridine rings is 1. The molecular weight excluding hydrogens is 704 g/mol. The fourth-order valence-corrected chi connectivity index (χ4v) is 6.76. The predicted octanol–water partition coefficient (Wildman–Crippen LogP) is 6.39. The van der Waals surface area contributed by atoms with Crippen LogP contribution < -0.4 is 16.0 Å². The number of carbonyl (C=O) groups is 5. The van der Waals surface area contributed by atoms with Crippen molar-refractivity contribution >= 4 is 40.9 Å². The van der Waals surface area contributed by atoms with E-state index in [9.17, 15) is 34.1 Å². The van der Waals surface area contributed by atoms with Crippen LogP contribution >= 0.6 is 0 Å². The summed E-state index contributed by atoms with van der Waals surface area (Å²) < 4.78 is 5.59. The van der Waals surface area contributed by atoms with E-state index in [4.69, 9.17) is 9.40 Å². The number of hydrogen-bond acceptors (Lipinski definition) is 10. The molecule has 3 aromatic carbocycles. The van der Waals surface area contributed by atoms with E-state index in [2.05, 4.69) is 16.0 Å². The molecule has 1 fully saturated rings. The number of rotatable bonds is 14. The molecule has 5 aromatic rings. The van der Waals surface area contributed by atoms with Gasteiger partial charge in [0.05, 0.1) is 28.0 Å². The average molecular weight is 741 g/mol. The van der Waals surface area contributed by atoms with Crippen LogP contribution in [0.15, 0.2) is 102 Å². The smallest absolute Gasteiger partial charge is 0.269 e. The second kappa shape index (κ2) is 16.0. The largest absolute Gasteiger partial charge is 0.463 e. The van der Waals surface area contributed by atoms with Crippen LogP contribution in [0.25, 0.3) is 33.8 Å². The summed E-state index contributed by atoms with van der Waals surface area (Å²) in [6, 6.07) is 24.8. The van der Waals surface area contributed by atoms with Gasteiger partial charge in [0.25, 0.3) is 23.4 Å². The molecule has 4 heterocycles. The van der Waals surface area contributed by atoms with Crippen LogP contribution in [0, 0.1) is 10.1 Å². The van der Waals surface area contributed by atoms with Gasteiger partial charge in [-0.25, -0.2) is 4.98 Å². The zero-order valence-corrected chi connectivity index (χ0v) is 29.6. The molecule has 2 aromatic heterocycles. The number of furan rings is 1. The first-order valence-corrected chi connectivity index (χ1v) is 18.0. The molecule has 1 atom stereocenters. The standard InChI is InChI=1S/C41H36N6O8/c48-36-19-18-34(39(50)45-36)46-40(51)30-7-5-8-31(37(30)41(46)52)42-20-3-1-2-4-21-43-38(49)27-12-10-25(11-13-27)28-23-32(26-14-16-29(17-15-26)47(53)54)44-33(24-28)35-9-6-22-55-35/h5-17,22-24,34,42H,1-4,18-21H2,(H,43,49)(H,45,48,50). The third-order valence-corrected chi connectivity index (χ3v) is 9.63. The number of imide groups is 2. The molecule has 1 saturated heterocycles. The molecule has 0 aliphatic carbocycles. The van der Waals surface area contributed by atoms with Gasteiger partial charge in [-0.15, -0.1) is 0 Å². The van der Waals surface area contributed by atoms with Crippen molar-refractivity contribution in [3.8, 4) is 33.8 Å². The van der Waals surface area contributed by atoms with Gasteiger partial charge in [0, 0.05) is 48.5 Å². The maximum atomic E-state index is 13.3. The molecule has 14 heteroatoms. The Morgan fingerprint density at radius 1 is 0.836 bits per heavy atom. The maximum Gasteiger partial charge on any atom is 0.269 e. The molecule has 0 saturated carbocycles. The fraction of sp³-hybridized carbons (Fsp3) is 0.220. The van der Waals surface area contributed by atoms with Gasteiger partial charge < -0.3 is 15.1 Å². The monoisotopic (exact) mass is 740 g/mol. The summed E-state index contributed by atoms with van der Waals surface area (Å²) in [7, 11) is 0. The van der Waals surface area contributed by atoms with Crippen molar-refractivity contribution in [1.29, 1.82) is 0 Å². The Morgan fingerprint density at radius 3 is 2.27 bits per heavy atom. The zero-order chi connectivity index (χ0) is 38.5. The second-order valence-corrected chi connectivity index (χ2v) is 13.3. The minimum absolute atomic E-state index is 0.0112. The van der Waals surface area contributed by atoms with Crippen LogP contribution in [0.5, 0.6) is 0 Å². The number of carbonyl (C=O) groups excluding carboxylic acids is 5. The second-order valence-electron chi connectivity index (χ2n) is 13.3. The van der Waals surface area contributed by atoms with Crippen LogP contribution in [0.4, 0.5) is 11.4 Å². The Labute approximate surface area is 315 Å². The predicted molar refractivity (Wildman–Crippen MR) is 202 cm³/mol. The lowest BCUT2D eigenvalue weighted by atomic mass is 10.00. The summed E-state index contributed by atoms with van der Waals surface area (Å²) in [4.78, 5) is 79.6. The number of fused-ring (bicyclic) bond motifs is 1. The third-order valence-electron chi connectivity index (χ3n) is 9.63. The number of amides is 5. The molecular formula is C41H36N6O8. The van der Waals surface area contributed by atoms with Gasteiger partial charge in [-0.1, -0.05) is 31.0 Å².